The molecule has 0 saturated heterocycles. The van der Waals surface area contributed by atoms with E-state index in [1.54, 1.807) is 29.5 Å². The molecular weight excluding hydrogens is 468 g/mol. The van der Waals surface area contributed by atoms with Crippen molar-refractivity contribution in [3.63, 3.8) is 0 Å². The SMILES string of the molecule is CCCCCCc1cc(-c2ccc(C)cc2)sc1CCC(=O)c1ccc(OC(C)(C)C(=O)O)c(C)c1. The van der Waals surface area contributed by atoms with E-state index in [2.05, 4.69) is 44.2 Å². The molecule has 3 aromatic rings. The fourth-order valence-corrected chi connectivity index (χ4v) is 5.34. The molecule has 4 nitrogen and oxygen atoms in total. The molecule has 1 aromatic heterocycles. The third kappa shape index (κ3) is 7.30. The van der Waals surface area contributed by atoms with Crippen LogP contribution in [0, 0.1) is 13.8 Å². The van der Waals surface area contributed by atoms with Gasteiger partial charge in [0.05, 0.1) is 0 Å². The molecular formula is C31H38O4S. The highest BCUT2D eigenvalue weighted by Crippen LogP contribution is 2.34. The largest absolute Gasteiger partial charge is 0.478 e. The molecule has 36 heavy (non-hydrogen) atoms. The van der Waals surface area contributed by atoms with Crippen LogP contribution in [0.4, 0.5) is 0 Å². The fourth-order valence-electron chi connectivity index (χ4n) is 4.12. The van der Waals surface area contributed by atoms with Crippen molar-refractivity contribution in [2.45, 2.75) is 85.2 Å². The van der Waals surface area contributed by atoms with E-state index in [4.69, 9.17) is 4.74 Å². The number of ketones is 1. The van der Waals surface area contributed by atoms with Gasteiger partial charge >= 0.3 is 5.97 Å². The Bertz CT molecular complexity index is 1190. The van der Waals surface area contributed by atoms with Crippen molar-refractivity contribution >= 4 is 23.1 Å². The molecule has 0 aliphatic carbocycles. The Morgan fingerprint density at radius 2 is 1.67 bits per heavy atom. The van der Waals surface area contributed by atoms with Crippen LogP contribution in [0.2, 0.25) is 0 Å². The number of aryl methyl sites for hydroxylation is 4. The molecule has 0 radical (unpaired) electrons. The molecule has 5 heteroatoms. The van der Waals surface area contributed by atoms with Gasteiger partial charge < -0.3 is 9.84 Å². The van der Waals surface area contributed by atoms with E-state index < -0.39 is 11.6 Å². The number of rotatable bonds is 13. The van der Waals surface area contributed by atoms with E-state index in [0.29, 0.717) is 17.7 Å². The molecule has 0 atom stereocenters. The summed E-state index contributed by atoms with van der Waals surface area (Å²) in [5.74, 6) is -0.466. The quantitative estimate of drug-likeness (QED) is 0.187. The van der Waals surface area contributed by atoms with Gasteiger partial charge in [0, 0.05) is 21.7 Å². The second-order valence-corrected chi connectivity index (χ2v) is 11.2. The third-order valence-corrected chi connectivity index (χ3v) is 7.77. The minimum absolute atomic E-state index is 0.0874. The first kappa shape index (κ1) is 27.7. The van der Waals surface area contributed by atoms with Crippen LogP contribution in [0.5, 0.6) is 5.75 Å². The Morgan fingerprint density at radius 1 is 0.944 bits per heavy atom. The average molecular weight is 507 g/mol. The number of unbranched alkanes of at least 4 members (excludes halogenated alkanes) is 3. The zero-order valence-electron chi connectivity index (χ0n) is 22.1. The first-order valence-electron chi connectivity index (χ1n) is 12.9. The van der Waals surface area contributed by atoms with Crippen molar-refractivity contribution < 1.29 is 19.4 Å². The molecule has 0 aliphatic heterocycles. The second kappa shape index (κ2) is 12.4. The van der Waals surface area contributed by atoms with Gasteiger partial charge in [0.1, 0.15) is 5.75 Å². The van der Waals surface area contributed by atoms with E-state index in [9.17, 15) is 14.7 Å². The van der Waals surface area contributed by atoms with Gasteiger partial charge in [0.25, 0.3) is 0 Å². The monoisotopic (exact) mass is 506 g/mol. The van der Waals surface area contributed by atoms with E-state index >= 15 is 0 Å². The van der Waals surface area contributed by atoms with Crippen LogP contribution >= 0.6 is 11.3 Å². The van der Waals surface area contributed by atoms with Gasteiger partial charge in [0.2, 0.25) is 0 Å². The summed E-state index contributed by atoms with van der Waals surface area (Å²) in [5, 5.41) is 9.33. The van der Waals surface area contributed by atoms with Crippen molar-refractivity contribution in [3.8, 4) is 16.2 Å². The topological polar surface area (TPSA) is 63.6 Å². The highest BCUT2D eigenvalue weighted by atomic mass is 32.1. The number of aliphatic carboxylic acids is 1. The van der Waals surface area contributed by atoms with E-state index in [0.717, 1.165) is 18.4 Å². The molecule has 1 N–H and O–H groups in total. The number of carbonyl (C=O) groups excluding carboxylic acids is 1. The maximum atomic E-state index is 13.1. The summed E-state index contributed by atoms with van der Waals surface area (Å²) in [4.78, 5) is 27.0. The lowest BCUT2D eigenvalue weighted by atomic mass is 10.00. The average Bonchev–Trinajstić information content (AvgIpc) is 3.24. The number of ether oxygens (including phenoxy) is 1. The van der Waals surface area contributed by atoms with Crippen molar-refractivity contribution in [2.24, 2.45) is 0 Å². The van der Waals surface area contributed by atoms with Crippen LogP contribution in [0.25, 0.3) is 10.4 Å². The predicted molar refractivity (Wildman–Crippen MR) is 149 cm³/mol. The Kier molecular flexibility index (Phi) is 9.49. The van der Waals surface area contributed by atoms with Crippen molar-refractivity contribution in [1.82, 2.24) is 0 Å². The molecule has 0 spiro atoms. The summed E-state index contributed by atoms with van der Waals surface area (Å²) in [6.45, 7) is 9.19. The maximum absolute atomic E-state index is 13.1. The first-order valence-corrected chi connectivity index (χ1v) is 13.7. The fraction of sp³-hybridized carbons (Fsp3) is 0.419. The minimum Gasteiger partial charge on any atom is -0.478 e. The molecule has 3 rings (SSSR count). The lowest BCUT2D eigenvalue weighted by molar-refractivity contribution is -0.152. The van der Waals surface area contributed by atoms with Crippen LogP contribution in [-0.4, -0.2) is 22.5 Å². The molecule has 0 saturated carbocycles. The third-order valence-electron chi connectivity index (χ3n) is 6.49. The van der Waals surface area contributed by atoms with Gasteiger partial charge in [-0.15, -0.1) is 11.3 Å². The van der Waals surface area contributed by atoms with Gasteiger partial charge in [-0.25, -0.2) is 4.79 Å². The zero-order chi connectivity index (χ0) is 26.3. The number of carboxylic acids is 1. The summed E-state index contributed by atoms with van der Waals surface area (Å²) in [7, 11) is 0. The van der Waals surface area contributed by atoms with Crippen molar-refractivity contribution in [2.75, 3.05) is 0 Å². The molecule has 192 valence electrons. The summed E-state index contributed by atoms with van der Waals surface area (Å²) in [6, 6.07) is 16.2. The molecule has 0 bridgehead atoms. The number of carboxylic acid groups (broad SMARTS) is 1. The summed E-state index contributed by atoms with van der Waals surface area (Å²) < 4.78 is 5.67. The highest BCUT2D eigenvalue weighted by molar-refractivity contribution is 7.15. The number of hydrogen-bond acceptors (Lipinski definition) is 4. The predicted octanol–water partition coefficient (Wildman–Crippen LogP) is 8.21. The number of thiophene rings is 1. The van der Waals surface area contributed by atoms with Crippen molar-refractivity contribution in [1.29, 1.82) is 0 Å². The summed E-state index contributed by atoms with van der Waals surface area (Å²) in [6.07, 6.45) is 7.10. The number of benzene rings is 2. The Hall–Kier alpha value is -2.92. The Labute approximate surface area is 219 Å². The van der Waals surface area contributed by atoms with Crippen LogP contribution < -0.4 is 4.74 Å². The molecule has 2 aromatic carbocycles. The zero-order valence-corrected chi connectivity index (χ0v) is 23.0. The van der Waals surface area contributed by atoms with Crippen LogP contribution in [0.1, 0.15) is 84.8 Å². The minimum atomic E-state index is -1.34. The Balaban J connectivity index is 1.73. The van der Waals surface area contributed by atoms with E-state index in [-0.39, 0.29) is 5.78 Å². The van der Waals surface area contributed by atoms with Gasteiger partial charge in [-0.2, -0.15) is 0 Å². The Morgan fingerprint density at radius 3 is 2.31 bits per heavy atom. The highest BCUT2D eigenvalue weighted by Gasteiger charge is 2.30. The van der Waals surface area contributed by atoms with Crippen LogP contribution in [-0.2, 0) is 17.6 Å². The number of Topliss-reactive ketones (excluding diaryl/α,β-unsaturated/α-hetero) is 1. The maximum Gasteiger partial charge on any atom is 0.347 e. The number of carbonyl (C=O) groups is 2. The number of hydrogen-bond donors (Lipinski definition) is 1. The smallest absolute Gasteiger partial charge is 0.347 e. The lowest BCUT2D eigenvalue weighted by Crippen LogP contribution is -2.38. The van der Waals surface area contributed by atoms with E-state index in [1.807, 2.05) is 6.92 Å². The normalized spacial score (nSPS) is 11.5. The van der Waals surface area contributed by atoms with Gasteiger partial charge in [-0.1, -0.05) is 56.0 Å². The molecule has 0 amide bonds. The van der Waals surface area contributed by atoms with Gasteiger partial charge in [0.15, 0.2) is 11.4 Å². The van der Waals surface area contributed by atoms with Gasteiger partial charge in [-0.05, 0) is 87.9 Å². The molecule has 0 aliphatic rings. The molecule has 0 fully saturated rings. The first-order chi connectivity index (χ1) is 17.1. The summed E-state index contributed by atoms with van der Waals surface area (Å²) >= 11 is 1.81. The van der Waals surface area contributed by atoms with Crippen LogP contribution in [0.3, 0.4) is 0 Å². The van der Waals surface area contributed by atoms with Crippen molar-refractivity contribution in [3.05, 3.63) is 75.7 Å². The van der Waals surface area contributed by atoms with Crippen LogP contribution in [0.15, 0.2) is 48.5 Å². The van der Waals surface area contributed by atoms with E-state index in [1.165, 1.54) is 66.0 Å². The summed E-state index contributed by atoms with van der Waals surface area (Å²) in [5.41, 5.74) is 3.90. The standard InChI is InChI=1S/C31H38O4S/c1-6-7-8-9-10-25-20-29(23-13-11-21(2)12-14-23)36-28(25)18-16-26(32)24-15-17-27(22(3)19-24)35-31(4,5)30(33)34/h11-15,17,19-20H,6-10,16,18H2,1-5H3,(H,33,34). The van der Waals surface area contributed by atoms with Gasteiger partial charge in [-0.3, -0.25) is 4.79 Å². The second-order valence-electron chi connectivity index (χ2n) is 10.1. The molecule has 1 heterocycles. The lowest BCUT2D eigenvalue weighted by Gasteiger charge is -2.22. The molecule has 0 unspecified atom stereocenters.